The summed E-state index contributed by atoms with van der Waals surface area (Å²) in [5.41, 5.74) is 6.07. The summed E-state index contributed by atoms with van der Waals surface area (Å²) in [7, 11) is -1.56. The quantitative estimate of drug-likeness (QED) is 0.834. The van der Waals surface area contributed by atoms with Gasteiger partial charge in [-0.15, -0.1) is 0 Å². The van der Waals surface area contributed by atoms with Crippen molar-refractivity contribution in [3.63, 3.8) is 0 Å². The minimum Gasteiger partial charge on any atom is -0.383 e. The Balaban J connectivity index is 3.47. The Hall–Kier alpha value is -1.24. The SMILES string of the molecule is CCCN(C)c1nn(C(CC)CC)c(N)c1S(C)(=O)=O. The minimum absolute atomic E-state index is 0.124. The summed E-state index contributed by atoms with van der Waals surface area (Å²) in [6.45, 7) is 6.87. The Bertz CT molecular complexity index is 547. The molecule has 0 amide bonds. The average Bonchev–Trinajstić information content (AvgIpc) is 2.69. The topological polar surface area (TPSA) is 81.2 Å². The molecule has 6 nitrogen and oxygen atoms in total. The Labute approximate surface area is 121 Å². The molecule has 1 heterocycles. The van der Waals surface area contributed by atoms with Gasteiger partial charge in [-0.1, -0.05) is 20.8 Å². The molecule has 0 radical (unpaired) electrons. The molecule has 0 spiro atoms. The fourth-order valence-electron chi connectivity index (χ4n) is 2.38. The second-order valence-electron chi connectivity index (χ2n) is 5.15. The molecule has 0 aromatic carbocycles. The maximum atomic E-state index is 12.0. The first-order valence-corrected chi connectivity index (χ1v) is 8.96. The molecular formula is C13H26N4O2S. The number of anilines is 2. The van der Waals surface area contributed by atoms with E-state index in [2.05, 4.69) is 5.10 Å². The van der Waals surface area contributed by atoms with Gasteiger partial charge in [0.2, 0.25) is 0 Å². The van der Waals surface area contributed by atoms with Crippen molar-refractivity contribution in [3.05, 3.63) is 0 Å². The smallest absolute Gasteiger partial charge is 0.182 e. The van der Waals surface area contributed by atoms with Gasteiger partial charge in [0.05, 0.1) is 6.04 Å². The molecule has 0 fully saturated rings. The third-order valence-corrected chi connectivity index (χ3v) is 4.60. The number of nitrogens with two attached hydrogens (primary N) is 1. The van der Waals surface area contributed by atoms with E-state index in [9.17, 15) is 8.42 Å². The average molecular weight is 302 g/mol. The fourth-order valence-corrected chi connectivity index (χ4v) is 3.38. The lowest BCUT2D eigenvalue weighted by Crippen LogP contribution is -2.20. The van der Waals surface area contributed by atoms with Crippen LogP contribution in [0.5, 0.6) is 0 Å². The molecule has 0 saturated heterocycles. The van der Waals surface area contributed by atoms with E-state index in [1.807, 2.05) is 32.7 Å². The van der Waals surface area contributed by atoms with Crippen molar-refractivity contribution in [2.45, 2.75) is 51.0 Å². The van der Waals surface area contributed by atoms with Gasteiger partial charge >= 0.3 is 0 Å². The highest BCUT2D eigenvalue weighted by atomic mass is 32.2. The number of hydrogen-bond acceptors (Lipinski definition) is 5. The van der Waals surface area contributed by atoms with Crippen molar-refractivity contribution in [2.75, 3.05) is 30.5 Å². The van der Waals surface area contributed by atoms with Crippen LogP contribution >= 0.6 is 0 Å². The summed E-state index contributed by atoms with van der Waals surface area (Å²) in [4.78, 5) is 2.01. The molecule has 1 aromatic rings. The molecule has 7 heteroatoms. The molecule has 1 aromatic heterocycles. The van der Waals surface area contributed by atoms with Crippen LogP contribution in [0, 0.1) is 0 Å². The highest BCUT2D eigenvalue weighted by Crippen LogP contribution is 2.33. The summed E-state index contributed by atoms with van der Waals surface area (Å²) in [5.74, 6) is 0.706. The lowest BCUT2D eigenvalue weighted by molar-refractivity contribution is 0.434. The first-order chi connectivity index (χ1) is 9.27. The van der Waals surface area contributed by atoms with Crippen molar-refractivity contribution < 1.29 is 8.42 Å². The van der Waals surface area contributed by atoms with Crippen molar-refractivity contribution >= 4 is 21.5 Å². The summed E-state index contributed by atoms with van der Waals surface area (Å²) < 4.78 is 25.7. The zero-order valence-electron chi connectivity index (χ0n) is 13.0. The predicted molar refractivity (Wildman–Crippen MR) is 82.9 cm³/mol. The van der Waals surface area contributed by atoms with E-state index in [0.29, 0.717) is 5.82 Å². The highest BCUT2D eigenvalue weighted by Gasteiger charge is 2.28. The van der Waals surface area contributed by atoms with Gasteiger partial charge in [-0.2, -0.15) is 5.10 Å². The molecule has 1 rings (SSSR count). The van der Waals surface area contributed by atoms with Gasteiger partial charge in [-0.25, -0.2) is 13.1 Å². The van der Waals surface area contributed by atoms with Crippen LogP contribution in [0.15, 0.2) is 4.90 Å². The number of sulfone groups is 1. The number of rotatable bonds is 7. The van der Waals surface area contributed by atoms with Gasteiger partial charge in [-0.05, 0) is 19.3 Å². The van der Waals surface area contributed by atoms with Crippen LogP contribution in [0.3, 0.4) is 0 Å². The molecule has 0 unspecified atom stereocenters. The Morgan fingerprint density at radius 2 is 1.85 bits per heavy atom. The Morgan fingerprint density at radius 1 is 1.30 bits per heavy atom. The second kappa shape index (κ2) is 6.47. The maximum Gasteiger partial charge on any atom is 0.182 e. The van der Waals surface area contributed by atoms with Gasteiger partial charge in [-0.3, -0.25) is 0 Å². The third-order valence-electron chi connectivity index (χ3n) is 3.46. The second-order valence-corrected chi connectivity index (χ2v) is 7.10. The maximum absolute atomic E-state index is 12.0. The molecular weight excluding hydrogens is 276 g/mol. The van der Waals surface area contributed by atoms with E-state index in [-0.39, 0.29) is 16.8 Å². The Kier molecular flexibility index (Phi) is 5.44. The van der Waals surface area contributed by atoms with E-state index in [1.54, 1.807) is 4.68 Å². The van der Waals surface area contributed by atoms with E-state index in [4.69, 9.17) is 5.73 Å². The number of nitrogen functional groups attached to an aromatic ring is 1. The predicted octanol–water partition coefficient (Wildman–Crippen LogP) is 2.08. The van der Waals surface area contributed by atoms with Gasteiger partial charge in [0.15, 0.2) is 20.6 Å². The van der Waals surface area contributed by atoms with Crippen LogP contribution < -0.4 is 10.6 Å². The van der Waals surface area contributed by atoms with Gasteiger partial charge in [0.25, 0.3) is 0 Å². The number of aromatic nitrogens is 2. The summed E-state index contributed by atoms with van der Waals surface area (Å²) in [6, 6.07) is 0.124. The fraction of sp³-hybridized carbons (Fsp3) is 0.769. The molecule has 0 aliphatic heterocycles. The van der Waals surface area contributed by atoms with Crippen LogP contribution in [0.4, 0.5) is 11.6 Å². The standard InChI is InChI=1S/C13H26N4O2S/c1-6-9-16(4)13-11(20(5,18)19)12(14)17(15-13)10(7-2)8-3/h10H,6-9,14H2,1-5H3. The molecule has 0 aliphatic carbocycles. The largest absolute Gasteiger partial charge is 0.383 e. The first kappa shape index (κ1) is 16.8. The van der Waals surface area contributed by atoms with Crippen molar-refractivity contribution in [1.82, 2.24) is 9.78 Å². The monoisotopic (exact) mass is 302 g/mol. The van der Waals surface area contributed by atoms with E-state index in [1.165, 1.54) is 6.26 Å². The van der Waals surface area contributed by atoms with Gasteiger partial charge in [0, 0.05) is 19.8 Å². The lowest BCUT2D eigenvalue weighted by atomic mass is 10.2. The van der Waals surface area contributed by atoms with Crippen LogP contribution in [-0.2, 0) is 9.84 Å². The summed E-state index contributed by atoms with van der Waals surface area (Å²) >= 11 is 0. The molecule has 2 N–H and O–H groups in total. The molecule has 0 aliphatic rings. The van der Waals surface area contributed by atoms with Crippen molar-refractivity contribution in [1.29, 1.82) is 0 Å². The number of nitrogens with zero attached hydrogens (tertiary/aromatic N) is 3. The van der Waals surface area contributed by atoms with E-state index < -0.39 is 9.84 Å². The van der Waals surface area contributed by atoms with Crippen LogP contribution in [0.1, 0.15) is 46.1 Å². The summed E-state index contributed by atoms with van der Waals surface area (Å²) in [5, 5.41) is 4.48. The molecule has 0 saturated carbocycles. The van der Waals surface area contributed by atoms with E-state index >= 15 is 0 Å². The van der Waals surface area contributed by atoms with Crippen molar-refractivity contribution in [2.24, 2.45) is 0 Å². The zero-order valence-corrected chi connectivity index (χ0v) is 13.9. The normalized spacial score (nSPS) is 12.1. The lowest BCUT2D eigenvalue weighted by Gasteiger charge is -2.16. The molecule has 0 bridgehead atoms. The minimum atomic E-state index is -3.41. The highest BCUT2D eigenvalue weighted by molar-refractivity contribution is 7.91. The van der Waals surface area contributed by atoms with Crippen LogP contribution in [-0.4, -0.2) is 38.0 Å². The molecule has 0 atom stereocenters. The molecule has 20 heavy (non-hydrogen) atoms. The van der Waals surface area contributed by atoms with E-state index in [0.717, 1.165) is 25.8 Å². The van der Waals surface area contributed by atoms with Crippen LogP contribution in [0.25, 0.3) is 0 Å². The third kappa shape index (κ3) is 3.26. The van der Waals surface area contributed by atoms with Crippen LogP contribution in [0.2, 0.25) is 0 Å². The van der Waals surface area contributed by atoms with Gasteiger partial charge in [0.1, 0.15) is 5.82 Å². The number of hydrogen-bond donors (Lipinski definition) is 1. The van der Waals surface area contributed by atoms with Crippen molar-refractivity contribution in [3.8, 4) is 0 Å². The first-order valence-electron chi connectivity index (χ1n) is 7.06. The summed E-state index contributed by atoms with van der Waals surface area (Å²) in [6.07, 6.45) is 3.82. The zero-order chi connectivity index (χ0) is 15.5. The molecule has 116 valence electrons. The Morgan fingerprint density at radius 3 is 2.25 bits per heavy atom. The van der Waals surface area contributed by atoms with Gasteiger partial charge < -0.3 is 10.6 Å².